The summed E-state index contributed by atoms with van der Waals surface area (Å²) < 4.78 is 13.8. The zero-order chi connectivity index (χ0) is 31.6. The fourth-order valence-corrected chi connectivity index (χ4v) is 8.92. The van der Waals surface area contributed by atoms with Gasteiger partial charge in [0.15, 0.2) is 27.6 Å². The number of hydrogen-bond donors (Lipinski definition) is 5. The summed E-state index contributed by atoms with van der Waals surface area (Å²) in [6.07, 6.45) is 4.40. The van der Waals surface area contributed by atoms with Crippen LogP contribution in [0.25, 0.3) is 11.3 Å². The Morgan fingerprint density at radius 3 is 2.68 bits per heavy atom. The molecular weight excluding hydrogens is 674 g/mol. The molecule has 5 N–H and O–H groups in total. The maximum Gasteiger partial charge on any atom is 0.429 e. The molecule has 1 saturated heterocycles. The highest BCUT2D eigenvalue weighted by Crippen LogP contribution is 2.46. The van der Waals surface area contributed by atoms with Crippen LogP contribution in [0.4, 0.5) is 5.13 Å². The van der Waals surface area contributed by atoms with Gasteiger partial charge in [-0.2, -0.15) is 0 Å². The van der Waals surface area contributed by atoms with E-state index in [1.807, 2.05) is 53.5 Å². The van der Waals surface area contributed by atoms with E-state index in [0.29, 0.717) is 15.7 Å². The first-order valence-corrected chi connectivity index (χ1v) is 18.0. The number of fused-ring (bicyclic) bond motifs is 1. The average Bonchev–Trinajstić information content (AvgIpc) is 3.62. The molecule has 0 saturated carbocycles. The number of β-lactam (4-membered cyclic amide) rings is 1. The highest BCUT2D eigenvalue weighted by Gasteiger charge is 2.54. The number of thiazole rings is 2. The number of nitrogens with one attached hydrogen (secondary N) is 2. The Morgan fingerprint density at radius 1 is 1.25 bits per heavy atom. The highest BCUT2D eigenvalue weighted by molar-refractivity contribution is 8.07. The van der Waals surface area contributed by atoms with Gasteiger partial charge in [-0.3, -0.25) is 19.6 Å². The summed E-state index contributed by atoms with van der Waals surface area (Å²) in [6, 6.07) is 2.80. The molecule has 3 aromatic heterocycles. The number of anilines is 1. The number of carbonyl (C=O) groups is 3. The lowest BCUT2D eigenvalue weighted by molar-refractivity contribution is -0.671. The monoisotopic (exact) mass is 698 g/mol. The second-order valence-electron chi connectivity index (χ2n) is 9.26. The predicted molar refractivity (Wildman–Crippen MR) is 165 cm³/mol. The van der Waals surface area contributed by atoms with Gasteiger partial charge >= 0.3 is 13.7 Å². The number of carboxylic acid groups (broad SMARTS) is 1. The van der Waals surface area contributed by atoms with Crippen LogP contribution in [0.1, 0.15) is 19.0 Å². The number of aryl methyl sites for hydroxylation is 1. The maximum absolute atomic E-state index is 13.3. The standard InChI is InChI=1S/C24H24N7O8PS4/c1-3-8-39-28-16(14-10-42-23(25-14)29-40(36,37)38)19(32)27-17-20(33)31-18(22(34)35)15(11-41-21(17)31)44-24-26-13(9-43-24)12-4-6-30(2)7-5-12/h4-7,9-10,17,21H,3,8,11H2,1-2H3,(H4-,25,27,29,32,34,35,36,37,38)/p+1/b28-16-/t17-,21-/m1/s1. The zero-order valence-electron chi connectivity index (χ0n) is 22.9. The summed E-state index contributed by atoms with van der Waals surface area (Å²) >= 11 is 4.70. The van der Waals surface area contributed by atoms with Gasteiger partial charge in [-0.15, -0.1) is 34.4 Å². The number of nitrogens with zero attached hydrogens (tertiary/aromatic N) is 5. The van der Waals surface area contributed by atoms with Gasteiger partial charge < -0.3 is 25.0 Å². The Morgan fingerprint density at radius 2 is 2.00 bits per heavy atom. The summed E-state index contributed by atoms with van der Waals surface area (Å²) in [6.45, 7) is 2.01. The van der Waals surface area contributed by atoms with E-state index < -0.39 is 36.9 Å². The van der Waals surface area contributed by atoms with Crippen molar-refractivity contribution in [3.63, 3.8) is 0 Å². The van der Waals surface area contributed by atoms with Crippen molar-refractivity contribution < 1.29 is 43.2 Å². The number of aliphatic carboxylic acids is 1. The molecule has 2 amide bonds. The zero-order valence-corrected chi connectivity index (χ0v) is 27.1. The van der Waals surface area contributed by atoms with E-state index in [1.54, 1.807) is 0 Å². The van der Waals surface area contributed by atoms with Gasteiger partial charge in [0.25, 0.3) is 11.8 Å². The largest absolute Gasteiger partial charge is 0.477 e. The van der Waals surface area contributed by atoms with Crippen LogP contribution in [0, 0.1) is 0 Å². The summed E-state index contributed by atoms with van der Waals surface area (Å²) in [7, 11) is -2.73. The van der Waals surface area contributed by atoms with Crippen molar-refractivity contribution in [1.82, 2.24) is 20.2 Å². The first kappa shape index (κ1) is 32.1. The number of hydrogen-bond acceptors (Lipinski definition) is 12. The van der Waals surface area contributed by atoms with Gasteiger partial charge in [0, 0.05) is 39.1 Å². The van der Waals surface area contributed by atoms with Crippen LogP contribution in [0.15, 0.2) is 55.4 Å². The lowest BCUT2D eigenvalue weighted by atomic mass is 10.0. The molecule has 2 atom stereocenters. The van der Waals surface area contributed by atoms with Crippen LogP contribution in [0.3, 0.4) is 0 Å². The van der Waals surface area contributed by atoms with E-state index in [-0.39, 0.29) is 34.6 Å². The number of oxime groups is 1. The molecule has 5 heterocycles. The average molecular weight is 699 g/mol. The van der Waals surface area contributed by atoms with Crippen LogP contribution in [0.2, 0.25) is 0 Å². The SMILES string of the molecule is CCCO/N=C(\C(=O)N[C@@H]1C(=O)N2C(C(=O)O)=C(Sc3nc(-c4cc[n+](C)cc4)cs3)CS[C@H]12)c1csc(NP(=O)(O)O)n1. The van der Waals surface area contributed by atoms with Crippen LogP contribution in [-0.4, -0.2) is 77.0 Å². The molecular formula is C24H25N7O8PS4+. The van der Waals surface area contributed by atoms with Crippen LogP contribution >= 0.6 is 53.9 Å². The van der Waals surface area contributed by atoms with Crippen molar-refractivity contribution in [3.8, 4) is 11.3 Å². The number of carbonyl (C=O) groups excluding carboxylic acids is 2. The van der Waals surface area contributed by atoms with E-state index in [4.69, 9.17) is 14.6 Å². The molecule has 0 aromatic carbocycles. The Balaban J connectivity index is 1.31. The van der Waals surface area contributed by atoms with Crippen molar-refractivity contribution in [2.45, 2.75) is 29.1 Å². The van der Waals surface area contributed by atoms with E-state index in [9.17, 15) is 24.1 Å². The fourth-order valence-electron chi connectivity index (χ4n) is 4.06. The number of rotatable bonds is 12. The van der Waals surface area contributed by atoms with Crippen LogP contribution < -0.4 is 15.0 Å². The van der Waals surface area contributed by atoms with Gasteiger partial charge in [-0.1, -0.05) is 23.8 Å². The number of carboxylic acids is 1. The molecule has 0 bridgehead atoms. The molecule has 232 valence electrons. The van der Waals surface area contributed by atoms with Crippen molar-refractivity contribution in [2.75, 3.05) is 17.4 Å². The minimum atomic E-state index is -4.64. The van der Waals surface area contributed by atoms with Gasteiger partial charge in [0.05, 0.1) is 5.69 Å². The third kappa shape index (κ3) is 7.14. The third-order valence-corrected chi connectivity index (χ3v) is 10.9. The molecule has 0 spiro atoms. The van der Waals surface area contributed by atoms with E-state index in [0.717, 1.165) is 27.5 Å². The summed E-state index contributed by atoms with van der Waals surface area (Å²) in [5, 5.41) is 20.8. The normalized spacial score (nSPS) is 18.5. The molecule has 44 heavy (non-hydrogen) atoms. The Labute approximate surface area is 266 Å². The van der Waals surface area contributed by atoms with Gasteiger partial charge in [0.1, 0.15) is 36.5 Å². The summed E-state index contributed by atoms with van der Waals surface area (Å²) in [5.74, 6) is -2.43. The molecule has 0 unspecified atom stereocenters. The van der Waals surface area contributed by atoms with E-state index in [1.165, 1.54) is 40.2 Å². The van der Waals surface area contributed by atoms with Crippen molar-refractivity contribution >= 4 is 82.6 Å². The van der Waals surface area contributed by atoms with Crippen molar-refractivity contribution in [1.29, 1.82) is 0 Å². The van der Waals surface area contributed by atoms with Crippen molar-refractivity contribution in [3.05, 3.63) is 51.6 Å². The molecule has 1 fully saturated rings. The number of aromatic nitrogens is 3. The Kier molecular flexibility index (Phi) is 9.74. The number of thioether (sulfide) groups is 2. The fraction of sp³-hybridized carbons (Fsp3) is 0.292. The summed E-state index contributed by atoms with van der Waals surface area (Å²) in [5.41, 5.74) is 1.17. The van der Waals surface area contributed by atoms with Crippen molar-refractivity contribution in [2.24, 2.45) is 12.2 Å². The van der Waals surface area contributed by atoms with Gasteiger partial charge in [0.2, 0.25) is 0 Å². The summed E-state index contributed by atoms with van der Waals surface area (Å²) in [4.78, 5) is 72.6. The minimum absolute atomic E-state index is 0.0310. The molecule has 2 aliphatic heterocycles. The second-order valence-corrected chi connectivity index (χ2v) is 14.7. The third-order valence-electron chi connectivity index (χ3n) is 6.04. The maximum atomic E-state index is 13.3. The number of pyridine rings is 1. The van der Waals surface area contributed by atoms with E-state index >= 15 is 0 Å². The lowest BCUT2D eigenvalue weighted by Crippen LogP contribution is -2.71. The smallest absolute Gasteiger partial charge is 0.429 e. The van der Waals surface area contributed by atoms with Gasteiger partial charge in [-0.05, 0) is 6.42 Å². The molecule has 0 aliphatic carbocycles. The first-order chi connectivity index (χ1) is 20.9. The predicted octanol–water partition coefficient (Wildman–Crippen LogP) is 2.21. The first-order valence-electron chi connectivity index (χ1n) is 12.8. The second kappa shape index (κ2) is 13.4. The van der Waals surface area contributed by atoms with Crippen LogP contribution in [0.5, 0.6) is 0 Å². The number of amides is 2. The molecule has 15 nitrogen and oxygen atoms in total. The minimum Gasteiger partial charge on any atom is -0.477 e. The topological polar surface area (TPSA) is 208 Å². The molecule has 0 radical (unpaired) electrons. The quantitative estimate of drug-likeness (QED) is 0.0460. The van der Waals surface area contributed by atoms with Gasteiger partial charge in [-0.25, -0.2) is 23.9 Å². The van der Waals surface area contributed by atoms with E-state index in [2.05, 4.69) is 20.4 Å². The van der Waals surface area contributed by atoms with Crippen LogP contribution in [-0.2, 0) is 30.8 Å². The molecule has 20 heteroatoms. The molecule has 2 aliphatic rings. The Hall–Kier alpha value is -3.32. The Bertz CT molecular complexity index is 1700. The molecule has 5 rings (SSSR count). The highest BCUT2D eigenvalue weighted by atomic mass is 32.2. The lowest BCUT2D eigenvalue weighted by Gasteiger charge is -2.49. The molecule has 3 aromatic rings.